The van der Waals surface area contributed by atoms with Gasteiger partial charge in [0, 0.05) is 32.6 Å². The monoisotopic (exact) mass is 530 g/mol. The zero-order valence-electron chi connectivity index (χ0n) is 17.5. The number of rotatable bonds is 7. The first-order valence-corrected chi connectivity index (χ1v) is 12.0. The first-order valence-electron chi connectivity index (χ1n) is 10.1. The molecule has 0 fully saturated rings. The van der Waals surface area contributed by atoms with Crippen molar-refractivity contribution < 1.29 is 9.59 Å². The molecular weight excluding hydrogens is 515 g/mol. The fraction of sp³-hybridized carbons (Fsp3) is 0.0833. The molecule has 0 unspecified atom stereocenters. The van der Waals surface area contributed by atoms with E-state index in [0.29, 0.717) is 25.2 Å². The van der Waals surface area contributed by atoms with Crippen molar-refractivity contribution in [2.24, 2.45) is 0 Å². The van der Waals surface area contributed by atoms with Gasteiger partial charge in [-0.3, -0.25) is 14.9 Å². The van der Waals surface area contributed by atoms with Crippen molar-refractivity contribution in [3.8, 4) is 10.6 Å². The number of nitrogens with one attached hydrogen (secondary N) is 2. The van der Waals surface area contributed by atoms with Gasteiger partial charge in [-0.15, -0.1) is 10.2 Å². The summed E-state index contributed by atoms with van der Waals surface area (Å²) in [6.45, 7) is 0. The molecule has 1 aromatic heterocycles. The number of carbonyl (C=O) groups excluding carboxylic acids is 2. The maximum absolute atomic E-state index is 13.2. The molecule has 2 amide bonds. The minimum Gasteiger partial charge on any atom is -0.340 e. The normalized spacial score (nSPS) is 11.6. The Balaban J connectivity index is 1.53. The number of benzene rings is 3. The molecule has 0 radical (unpaired) electrons. The van der Waals surface area contributed by atoms with Gasteiger partial charge in [0.2, 0.25) is 11.0 Å². The lowest BCUT2D eigenvalue weighted by atomic mass is 10.0. The molecule has 2 N–H and O–H groups in total. The summed E-state index contributed by atoms with van der Waals surface area (Å²) in [4.78, 5) is 26.0. The Labute approximate surface area is 214 Å². The van der Waals surface area contributed by atoms with Gasteiger partial charge in [-0.1, -0.05) is 88.6 Å². The van der Waals surface area contributed by atoms with E-state index in [1.165, 1.54) is 29.5 Å². The van der Waals surface area contributed by atoms with Crippen LogP contribution in [-0.4, -0.2) is 28.1 Å². The van der Waals surface area contributed by atoms with E-state index in [1.54, 1.807) is 12.1 Å². The number of hydrogen-bond donors (Lipinski definition) is 2. The molecule has 34 heavy (non-hydrogen) atoms. The lowest BCUT2D eigenvalue weighted by Gasteiger charge is -2.18. The molecule has 1 heterocycles. The molecule has 0 saturated heterocycles. The molecule has 4 aromatic rings. The summed E-state index contributed by atoms with van der Waals surface area (Å²) >= 11 is 19.3. The number of hydrogen-bond acceptors (Lipinski definition) is 5. The second-order valence-corrected chi connectivity index (χ2v) is 9.57. The molecule has 172 valence electrons. The zero-order valence-corrected chi connectivity index (χ0v) is 20.6. The van der Waals surface area contributed by atoms with Crippen LogP contribution in [0, 0.1) is 0 Å². The van der Waals surface area contributed by atoms with E-state index in [4.69, 9.17) is 34.8 Å². The van der Waals surface area contributed by atoms with Gasteiger partial charge >= 0.3 is 0 Å². The van der Waals surface area contributed by atoms with E-state index in [-0.39, 0.29) is 12.0 Å². The van der Waals surface area contributed by atoms with Crippen molar-refractivity contribution in [1.29, 1.82) is 0 Å². The van der Waals surface area contributed by atoms with Gasteiger partial charge in [-0.25, -0.2) is 0 Å². The largest absolute Gasteiger partial charge is 0.340 e. The van der Waals surface area contributed by atoms with Crippen LogP contribution in [0.3, 0.4) is 0 Å². The lowest BCUT2D eigenvalue weighted by Crippen LogP contribution is -2.45. The third kappa shape index (κ3) is 6.33. The summed E-state index contributed by atoms with van der Waals surface area (Å²) in [5, 5.41) is 15.8. The van der Waals surface area contributed by atoms with Crippen LogP contribution in [-0.2, 0) is 11.2 Å². The van der Waals surface area contributed by atoms with Crippen LogP contribution in [0.15, 0.2) is 72.8 Å². The van der Waals surface area contributed by atoms with Gasteiger partial charge in [-0.2, -0.15) is 0 Å². The topological polar surface area (TPSA) is 84.0 Å². The average molecular weight is 532 g/mol. The van der Waals surface area contributed by atoms with Crippen LogP contribution < -0.4 is 10.6 Å². The maximum Gasteiger partial charge on any atom is 0.252 e. The number of carbonyl (C=O) groups is 2. The number of nitrogens with zero attached hydrogens (tertiary/aromatic N) is 2. The molecule has 0 aliphatic heterocycles. The van der Waals surface area contributed by atoms with Gasteiger partial charge in [0.1, 0.15) is 11.0 Å². The van der Waals surface area contributed by atoms with Crippen LogP contribution in [0.5, 0.6) is 0 Å². The highest BCUT2D eigenvalue weighted by Crippen LogP contribution is 2.28. The molecule has 6 nitrogen and oxygen atoms in total. The van der Waals surface area contributed by atoms with E-state index in [0.717, 1.165) is 11.1 Å². The predicted molar refractivity (Wildman–Crippen MR) is 137 cm³/mol. The fourth-order valence-corrected chi connectivity index (χ4v) is 4.65. The Hall–Kier alpha value is -2.97. The van der Waals surface area contributed by atoms with Crippen LogP contribution in [0.1, 0.15) is 15.9 Å². The smallest absolute Gasteiger partial charge is 0.252 e. The Morgan fingerprint density at radius 2 is 1.59 bits per heavy atom. The van der Waals surface area contributed by atoms with E-state index >= 15 is 0 Å². The quantitative estimate of drug-likeness (QED) is 0.300. The second-order valence-electron chi connectivity index (χ2n) is 7.29. The van der Waals surface area contributed by atoms with Gasteiger partial charge in [0.25, 0.3) is 5.91 Å². The molecule has 0 aliphatic rings. The van der Waals surface area contributed by atoms with Crippen molar-refractivity contribution in [2.75, 3.05) is 5.32 Å². The van der Waals surface area contributed by atoms with Crippen molar-refractivity contribution in [3.63, 3.8) is 0 Å². The average Bonchev–Trinajstić information content (AvgIpc) is 3.27. The van der Waals surface area contributed by atoms with Gasteiger partial charge in [0.05, 0.1) is 0 Å². The summed E-state index contributed by atoms with van der Waals surface area (Å²) in [5.74, 6) is -0.906. The molecule has 3 aromatic carbocycles. The van der Waals surface area contributed by atoms with Gasteiger partial charge in [0.15, 0.2) is 0 Å². The fourth-order valence-electron chi connectivity index (χ4n) is 3.19. The number of aromatic nitrogens is 2. The first-order chi connectivity index (χ1) is 16.4. The third-order valence-electron chi connectivity index (χ3n) is 4.76. The van der Waals surface area contributed by atoms with Crippen molar-refractivity contribution in [2.45, 2.75) is 12.5 Å². The van der Waals surface area contributed by atoms with Crippen molar-refractivity contribution >= 4 is 63.1 Å². The molecule has 0 saturated carbocycles. The van der Waals surface area contributed by atoms with Crippen LogP contribution in [0.25, 0.3) is 10.6 Å². The maximum atomic E-state index is 13.2. The molecule has 0 bridgehead atoms. The highest BCUT2D eigenvalue weighted by atomic mass is 35.5. The number of anilines is 1. The SMILES string of the molecule is O=C(N[C@@H](Cc1ccccc1)C(=O)Nc1nnc(-c2cccc(Cl)c2)s1)c1cc(Cl)cc(Cl)c1. The van der Waals surface area contributed by atoms with E-state index in [1.807, 2.05) is 42.5 Å². The molecule has 1 atom stereocenters. The van der Waals surface area contributed by atoms with Crippen LogP contribution in [0.4, 0.5) is 5.13 Å². The summed E-state index contributed by atoms with van der Waals surface area (Å²) in [6, 6.07) is 20.2. The lowest BCUT2D eigenvalue weighted by molar-refractivity contribution is -0.118. The second kappa shape index (κ2) is 11.0. The standard InChI is InChI=1S/C24H17Cl3N4O2S/c25-17-8-4-7-15(10-17)23-30-31-24(34-23)29-22(33)20(9-14-5-2-1-3-6-14)28-21(32)16-11-18(26)13-19(27)12-16/h1-8,10-13,20H,9H2,(H,28,32)(H,29,31,33)/t20-/m0/s1. The highest BCUT2D eigenvalue weighted by Gasteiger charge is 2.24. The molecule has 0 spiro atoms. The summed E-state index contributed by atoms with van der Waals surface area (Å²) in [7, 11) is 0. The Morgan fingerprint density at radius 1 is 0.853 bits per heavy atom. The number of halogens is 3. The minimum absolute atomic E-state index is 0.252. The van der Waals surface area contributed by atoms with Crippen LogP contribution in [0.2, 0.25) is 15.1 Å². The molecule has 10 heteroatoms. The highest BCUT2D eigenvalue weighted by molar-refractivity contribution is 7.18. The molecular formula is C24H17Cl3N4O2S. The summed E-state index contributed by atoms with van der Waals surface area (Å²) < 4.78 is 0. The van der Waals surface area contributed by atoms with E-state index in [9.17, 15) is 9.59 Å². The summed E-state index contributed by atoms with van der Waals surface area (Å²) in [5.41, 5.74) is 1.92. The van der Waals surface area contributed by atoms with Crippen LogP contribution >= 0.6 is 46.1 Å². The van der Waals surface area contributed by atoms with Crippen molar-refractivity contribution in [3.05, 3.63) is 99.0 Å². The van der Waals surface area contributed by atoms with E-state index in [2.05, 4.69) is 20.8 Å². The number of amides is 2. The van der Waals surface area contributed by atoms with Crippen molar-refractivity contribution in [1.82, 2.24) is 15.5 Å². The minimum atomic E-state index is -0.883. The molecule has 0 aliphatic carbocycles. The Bertz CT molecular complexity index is 1310. The zero-order chi connectivity index (χ0) is 24.1. The Kier molecular flexibility index (Phi) is 7.80. The van der Waals surface area contributed by atoms with Gasteiger partial charge < -0.3 is 5.32 Å². The Morgan fingerprint density at radius 3 is 2.29 bits per heavy atom. The van der Waals surface area contributed by atoms with Gasteiger partial charge in [-0.05, 0) is 35.9 Å². The first kappa shape index (κ1) is 24.2. The van der Waals surface area contributed by atoms with E-state index < -0.39 is 17.9 Å². The summed E-state index contributed by atoms with van der Waals surface area (Å²) in [6.07, 6.45) is 0.271. The third-order valence-corrected chi connectivity index (χ3v) is 6.32. The predicted octanol–water partition coefficient (Wildman–Crippen LogP) is 6.15. The molecule has 4 rings (SSSR count).